The fourth-order valence-electron chi connectivity index (χ4n) is 2.27. The van der Waals surface area contributed by atoms with Crippen LogP contribution in [0.5, 0.6) is 0 Å². The van der Waals surface area contributed by atoms with E-state index in [9.17, 15) is 14.7 Å². The molecule has 4 nitrogen and oxygen atoms in total. The fourth-order valence-corrected chi connectivity index (χ4v) is 2.53. The zero-order valence-corrected chi connectivity index (χ0v) is 11.9. The van der Waals surface area contributed by atoms with Crippen LogP contribution in [0.3, 0.4) is 0 Å². The Morgan fingerprint density at radius 2 is 1.90 bits per heavy atom. The number of aryl methyl sites for hydroxylation is 1. The molecule has 2 rings (SSSR count). The fraction of sp³-hybridized carbons (Fsp3) is 0.333. The van der Waals surface area contributed by atoms with Crippen LogP contribution in [0, 0.1) is 18.8 Å². The average Bonchev–Trinajstić information content (AvgIpc) is 2.41. The Hall–Kier alpha value is -1.81. The van der Waals surface area contributed by atoms with Crippen molar-refractivity contribution in [1.29, 1.82) is 0 Å². The molecule has 1 aromatic carbocycles. The second kappa shape index (κ2) is 6.09. The molecule has 1 amide bonds. The van der Waals surface area contributed by atoms with Gasteiger partial charge in [-0.25, -0.2) is 0 Å². The van der Waals surface area contributed by atoms with Gasteiger partial charge < -0.3 is 10.4 Å². The number of rotatable bonds is 3. The van der Waals surface area contributed by atoms with E-state index in [0.717, 1.165) is 5.56 Å². The summed E-state index contributed by atoms with van der Waals surface area (Å²) in [5, 5.41) is 12.5. The van der Waals surface area contributed by atoms with Crippen LogP contribution < -0.4 is 5.32 Å². The minimum Gasteiger partial charge on any atom is -0.481 e. The highest BCUT2D eigenvalue weighted by atomic mass is 35.5. The van der Waals surface area contributed by atoms with Crippen LogP contribution in [-0.4, -0.2) is 17.0 Å². The van der Waals surface area contributed by atoms with Crippen LogP contribution in [-0.2, 0) is 9.59 Å². The number of carbonyl (C=O) groups excluding carboxylic acids is 1. The standard InChI is InChI=1S/C15H16ClNO3/c1-9-2-5-11(6-3-9)17-14(18)13-8-10(16)4-7-12(13)15(19)20/h2-6,12-13H,7-8H2,1H3,(H,17,18)(H,19,20). The Kier molecular flexibility index (Phi) is 4.45. The van der Waals surface area contributed by atoms with Gasteiger partial charge in [-0.2, -0.15) is 0 Å². The lowest BCUT2D eigenvalue weighted by Crippen LogP contribution is -2.35. The van der Waals surface area contributed by atoms with Gasteiger partial charge in [0.25, 0.3) is 0 Å². The molecule has 2 N–H and O–H groups in total. The van der Waals surface area contributed by atoms with Gasteiger partial charge in [0.05, 0.1) is 11.8 Å². The molecule has 106 valence electrons. The summed E-state index contributed by atoms with van der Waals surface area (Å²) in [5.74, 6) is -2.61. The summed E-state index contributed by atoms with van der Waals surface area (Å²) in [6, 6.07) is 7.36. The highest BCUT2D eigenvalue weighted by Gasteiger charge is 2.36. The minimum atomic E-state index is -0.963. The van der Waals surface area contributed by atoms with Gasteiger partial charge in [-0.1, -0.05) is 35.4 Å². The van der Waals surface area contributed by atoms with Crippen LogP contribution in [0.1, 0.15) is 18.4 Å². The number of anilines is 1. The van der Waals surface area contributed by atoms with Crippen LogP contribution in [0.2, 0.25) is 0 Å². The Balaban J connectivity index is 2.12. The zero-order valence-electron chi connectivity index (χ0n) is 11.1. The number of halogens is 1. The molecule has 0 aliphatic heterocycles. The summed E-state index contributed by atoms with van der Waals surface area (Å²) in [6.07, 6.45) is 2.24. The van der Waals surface area contributed by atoms with Gasteiger partial charge in [-0.3, -0.25) is 9.59 Å². The van der Waals surface area contributed by atoms with E-state index in [0.29, 0.717) is 17.1 Å². The molecule has 0 spiro atoms. The van der Waals surface area contributed by atoms with Crippen molar-refractivity contribution >= 4 is 29.2 Å². The van der Waals surface area contributed by atoms with Gasteiger partial charge in [0, 0.05) is 10.7 Å². The van der Waals surface area contributed by atoms with Gasteiger partial charge in [0.1, 0.15) is 0 Å². The quantitative estimate of drug-likeness (QED) is 0.899. The second-order valence-electron chi connectivity index (χ2n) is 5.00. The maximum atomic E-state index is 12.3. The number of nitrogens with one attached hydrogen (secondary N) is 1. The first-order valence-corrected chi connectivity index (χ1v) is 6.80. The first-order chi connectivity index (χ1) is 9.47. The second-order valence-corrected chi connectivity index (χ2v) is 5.48. The van der Waals surface area contributed by atoms with Crippen LogP contribution in [0.15, 0.2) is 35.4 Å². The summed E-state index contributed by atoms with van der Waals surface area (Å²) in [4.78, 5) is 23.5. The van der Waals surface area contributed by atoms with Crippen molar-refractivity contribution in [2.24, 2.45) is 11.8 Å². The number of amides is 1. The number of aliphatic carboxylic acids is 1. The maximum Gasteiger partial charge on any atom is 0.307 e. The van der Waals surface area contributed by atoms with Crippen molar-refractivity contribution in [2.75, 3.05) is 5.32 Å². The number of benzene rings is 1. The van der Waals surface area contributed by atoms with E-state index in [1.165, 1.54) is 0 Å². The average molecular weight is 294 g/mol. The van der Waals surface area contributed by atoms with Crippen molar-refractivity contribution in [2.45, 2.75) is 19.8 Å². The SMILES string of the molecule is Cc1ccc(NC(=O)C2CC(Cl)=CCC2C(=O)O)cc1. The third-order valence-electron chi connectivity index (χ3n) is 3.47. The van der Waals surface area contributed by atoms with Gasteiger partial charge in [-0.15, -0.1) is 0 Å². The normalized spacial score (nSPS) is 22.0. The van der Waals surface area contributed by atoms with E-state index in [1.807, 2.05) is 19.1 Å². The van der Waals surface area contributed by atoms with E-state index in [-0.39, 0.29) is 12.3 Å². The number of hydrogen-bond donors (Lipinski definition) is 2. The lowest BCUT2D eigenvalue weighted by atomic mass is 9.82. The van der Waals surface area contributed by atoms with Gasteiger partial charge in [0.15, 0.2) is 0 Å². The first-order valence-electron chi connectivity index (χ1n) is 6.42. The number of carboxylic acids is 1. The monoisotopic (exact) mass is 293 g/mol. The van der Waals surface area contributed by atoms with Crippen LogP contribution >= 0.6 is 11.6 Å². The Morgan fingerprint density at radius 1 is 1.25 bits per heavy atom. The first kappa shape index (κ1) is 14.6. The number of carbonyl (C=O) groups is 2. The molecule has 0 bridgehead atoms. The third-order valence-corrected chi connectivity index (χ3v) is 3.78. The predicted octanol–water partition coefficient (Wildman–Crippen LogP) is 3.17. The number of allylic oxidation sites excluding steroid dienone is 2. The van der Waals surface area contributed by atoms with Crippen molar-refractivity contribution in [3.63, 3.8) is 0 Å². The molecule has 5 heteroatoms. The Labute approximate surface area is 122 Å². The molecule has 0 saturated carbocycles. The molecule has 0 heterocycles. The Bertz CT molecular complexity index is 551. The summed E-state index contributed by atoms with van der Waals surface area (Å²) in [5.41, 5.74) is 1.76. The van der Waals surface area contributed by atoms with Crippen molar-refractivity contribution in [3.8, 4) is 0 Å². The summed E-state index contributed by atoms with van der Waals surface area (Å²) in [7, 11) is 0. The van der Waals surface area contributed by atoms with Gasteiger partial charge in [-0.05, 0) is 31.9 Å². The van der Waals surface area contributed by atoms with Crippen LogP contribution in [0.4, 0.5) is 5.69 Å². The van der Waals surface area contributed by atoms with Gasteiger partial charge >= 0.3 is 5.97 Å². The highest BCUT2D eigenvalue weighted by Crippen LogP contribution is 2.32. The van der Waals surface area contributed by atoms with Crippen molar-refractivity contribution < 1.29 is 14.7 Å². The lowest BCUT2D eigenvalue weighted by Gasteiger charge is -2.25. The summed E-state index contributed by atoms with van der Waals surface area (Å²) >= 11 is 5.94. The van der Waals surface area contributed by atoms with Crippen molar-refractivity contribution in [1.82, 2.24) is 0 Å². The smallest absolute Gasteiger partial charge is 0.307 e. The Morgan fingerprint density at radius 3 is 2.50 bits per heavy atom. The van der Waals surface area contributed by atoms with E-state index in [4.69, 9.17) is 11.6 Å². The molecule has 1 aliphatic rings. The highest BCUT2D eigenvalue weighted by molar-refractivity contribution is 6.29. The van der Waals surface area contributed by atoms with Crippen LogP contribution in [0.25, 0.3) is 0 Å². The summed E-state index contributed by atoms with van der Waals surface area (Å²) in [6.45, 7) is 1.96. The predicted molar refractivity (Wildman–Crippen MR) is 77.6 cm³/mol. The number of hydrogen-bond acceptors (Lipinski definition) is 2. The lowest BCUT2D eigenvalue weighted by molar-refractivity contribution is -0.146. The van der Waals surface area contributed by atoms with E-state index in [1.54, 1.807) is 18.2 Å². The topological polar surface area (TPSA) is 66.4 Å². The molecule has 0 aromatic heterocycles. The zero-order chi connectivity index (χ0) is 14.7. The molecule has 0 fully saturated rings. The largest absolute Gasteiger partial charge is 0.481 e. The molecular formula is C15H16ClNO3. The molecule has 0 saturated heterocycles. The molecular weight excluding hydrogens is 278 g/mol. The minimum absolute atomic E-state index is 0.274. The van der Waals surface area contributed by atoms with E-state index >= 15 is 0 Å². The molecule has 1 aliphatic carbocycles. The molecule has 2 atom stereocenters. The van der Waals surface area contributed by atoms with Gasteiger partial charge in [0.2, 0.25) is 5.91 Å². The third kappa shape index (κ3) is 3.39. The molecule has 2 unspecified atom stereocenters. The molecule has 1 aromatic rings. The van der Waals surface area contributed by atoms with E-state index in [2.05, 4.69) is 5.32 Å². The maximum absolute atomic E-state index is 12.3. The molecule has 20 heavy (non-hydrogen) atoms. The molecule has 0 radical (unpaired) electrons. The summed E-state index contributed by atoms with van der Waals surface area (Å²) < 4.78 is 0. The van der Waals surface area contributed by atoms with E-state index < -0.39 is 17.8 Å². The number of carboxylic acid groups (broad SMARTS) is 1. The van der Waals surface area contributed by atoms with Crippen molar-refractivity contribution in [3.05, 3.63) is 40.9 Å².